The molecule has 1 aromatic rings. The SMILES string of the molecule is CN=C(NCC(C)Oc1cccc(F)c1)NC1CCN(S(=O)(=O)C(F)(F)F)CC1.I. The predicted octanol–water partition coefficient (Wildman–Crippen LogP) is 2.69. The van der Waals surface area contributed by atoms with Gasteiger partial charge in [-0.3, -0.25) is 4.99 Å². The molecular formula is C17H25F4IN4O3S. The van der Waals surface area contributed by atoms with Crippen molar-refractivity contribution in [3.63, 3.8) is 0 Å². The molecule has 1 aliphatic heterocycles. The second-order valence-corrected chi connectivity index (χ2v) is 8.54. The molecule has 1 saturated heterocycles. The normalized spacial score (nSPS) is 17.7. The molecule has 7 nitrogen and oxygen atoms in total. The van der Waals surface area contributed by atoms with Gasteiger partial charge < -0.3 is 15.4 Å². The van der Waals surface area contributed by atoms with Crippen LogP contribution in [0.25, 0.3) is 0 Å². The standard InChI is InChI=1S/C17H24F4N4O3S.HI/c1-12(28-15-5-3-4-13(18)10-15)11-23-16(22-2)24-14-6-8-25(9-7-14)29(26,27)17(19,20)21;/h3-5,10,12,14H,6-9,11H2,1-2H3,(H2,22,23,24);1H. The number of piperidine rings is 1. The fourth-order valence-corrected chi connectivity index (χ4v) is 3.81. The molecule has 13 heteroatoms. The molecule has 0 radical (unpaired) electrons. The Hall–Kier alpha value is -1.35. The Labute approximate surface area is 190 Å². The van der Waals surface area contributed by atoms with Crippen LogP contribution in [0.3, 0.4) is 0 Å². The molecule has 172 valence electrons. The van der Waals surface area contributed by atoms with Gasteiger partial charge in [0.05, 0.1) is 6.54 Å². The Morgan fingerprint density at radius 2 is 1.97 bits per heavy atom. The van der Waals surface area contributed by atoms with Crippen LogP contribution in [0.5, 0.6) is 5.75 Å². The minimum absolute atomic E-state index is 0. The minimum Gasteiger partial charge on any atom is -0.489 e. The summed E-state index contributed by atoms with van der Waals surface area (Å²) in [4.78, 5) is 4.05. The van der Waals surface area contributed by atoms with E-state index in [0.29, 0.717) is 22.6 Å². The average Bonchev–Trinajstić information content (AvgIpc) is 2.64. The van der Waals surface area contributed by atoms with E-state index in [4.69, 9.17) is 4.74 Å². The van der Waals surface area contributed by atoms with Crippen LogP contribution in [0.2, 0.25) is 0 Å². The number of alkyl halides is 3. The number of hydrogen-bond acceptors (Lipinski definition) is 4. The highest BCUT2D eigenvalue weighted by molar-refractivity contribution is 14.0. The number of guanidine groups is 1. The van der Waals surface area contributed by atoms with E-state index in [1.807, 2.05) is 0 Å². The molecule has 2 N–H and O–H groups in total. The van der Waals surface area contributed by atoms with Crippen molar-refractivity contribution in [2.75, 3.05) is 26.7 Å². The zero-order chi connectivity index (χ0) is 21.7. The highest BCUT2D eigenvalue weighted by Crippen LogP contribution is 2.28. The second-order valence-electron chi connectivity index (χ2n) is 6.61. The number of hydrogen-bond donors (Lipinski definition) is 2. The molecule has 1 heterocycles. The molecule has 1 aliphatic rings. The largest absolute Gasteiger partial charge is 0.511 e. The van der Waals surface area contributed by atoms with Gasteiger partial charge in [-0.25, -0.2) is 12.8 Å². The first-order chi connectivity index (χ1) is 13.5. The third-order valence-corrected chi connectivity index (χ3v) is 5.97. The summed E-state index contributed by atoms with van der Waals surface area (Å²) in [6.45, 7) is 1.67. The molecule has 0 bridgehead atoms. The molecular weight excluding hydrogens is 543 g/mol. The van der Waals surface area contributed by atoms with Gasteiger partial charge in [0.1, 0.15) is 17.7 Å². The van der Waals surface area contributed by atoms with Gasteiger partial charge in [0.2, 0.25) is 0 Å². The Bertz CT molecular complexity index is 815. The summed E-state index contributed by atoms with van der Waals surface area (Å²) in [5, 5.41) is 6.09. The molecule has 0 aliphatic carbocycles. The molecule has 0 aromatic heterocycles. The summed E-state index contributed by atoms with van der Waals surface area (Å²) >= 11 is 0. The second kappa shape index (κ2) is 11.3. The Morgan fingerprint density at radius 3 is 2.50 bits per heavy atom. The first-order valence-corrected chi connectivity index (χ1v) is 10.4. The average molecular weight is 568 g/mol. The van der Waals surface area contributed by atoms with E-state index >= 15 is 0 Å². The smallest absolute Gasteiger partial charge is 0.489 e. The number of aliphatic imine (C=N–C) groups is 1. The Morgan fingerprint density at radius 1 is 1.33 bits per heavy atom. The van der Waals surface area contributed by atoms with Crippen LogP contribution in [0.15, 0.2) is 29.3 Å². The first kappa shape index (κ1) is 26.7. The summed E-state index contributed by atoms with van der Waals surface area (Å²) in [7, 11) is -3.76. The highest BCUT2D eigenvalue weighted by Gasteiger charge is 2.50. The first-order valence-electron chi connectivity index (χ1n) is 8.98. The van der Waals surface area contributed by atoms with Crippen LogP contribution in [-0.2, 0) is 10.0 Å². The maximum absolute atomic E-state index is 13.2. The summed E-state index contributed by atoms with van der Waals surface area (Å²) < 4.78 is 80.0. The van der Waals surface area contributed by atoms with E-state index in [1.165, 1.54) is 25.2 Å². The zero-order valence-electron chi connectivity index (χ0n) is 16.4. The summed E-state index contributed by atoms with van der Waals surface area (Å²) in [6, 6.07) is 5.53. The van der Waals surface area contributed by atoms with Crippen molar-refractivity contribution in [2.45, 2.75) is 37.4 Å². The maximum atomic E-state index is 13.2. The molecule has 1 aromatic carbocycles. The third-order valence-electron chi connectivity index (χ3n) is 4.34. The lowest BCUT2D eigenvalue weighted by Gasteiger charge is -2.32. The minimum atomic E-state index is -5.29. The Kier molecular flexibility index (Phi) is 10.1. The number of halogens is 5. The quantitative estimate of drug-likeness (QED) is 0.239. The molecule has 1 fully saturated rings. The molecule has 0 amide bonds. The topological polar surface area (TPSA) is 83.0 Å². The van der Waals surface area contributed by atoms with Crippen molar-refractivity contribution in [3.8, 4) is 5.75 Å². The van der Waals surface area contributed by atoms with Crippen molar-refractivity contribution >= 4 is 40.0 Å². The lowest BCUT2D eigenvalue weighted by atomic mass is 10.1. The van der Waals surface area contributed by atoms with Crippen LogP contribution in [0.4, 0.5) is 17.6 Å². The predicted molar refractivity (Wildman–Crippen MR) is 116 cm³/mol. The molecule has 30 heavy (non-hydrogen) atoms. The van der Waals surface area contributed by atoms with Crippen LogP contribution >= 0.6 is 24.0 Å². The van der Waals surface area contributed by atoms with E-state index in [1.54, 1.807) is 13.0 Å². The summed E-state index contributed by atoms with van der Waals surface area (Å²) in [5.74, 6) is 0.399. The number of sulfonamides is 1. The van der Waals surface area contributed by atoms with Crippen LogP contribution in [-0.4, -0.2) is 63.0 Å². The number of benzene rings is 1. The van der Waals surface area contributed by atoms with Crippen molar-refractivity contribution in [2.24, 2.45) is 4.99 Å². The van der Waals surface area contributed by atoms with E-state index in [0.717, 1.165) is 0 Å². The van der Waals surface area contributed by atoms with E-state index in [2.05, 4.69) is 15.6 Å². The van der Waals surface area contributed by atoms with Crippen molar-refractivity contribution in [1.29, 1.82) is 0 Å². The number of nitrogens with one attached hydrogen (secondary N) is 2. The van der Waals surface area contributed by atoms with Gasteiger partial charge in [-0.1, -0.05) is 6.07 Å². The van der Waals surface area contributed by atoms with Crippen LogP contribution in [0, 0.1) is 5.82 Å². The zero-order valence-corrected chi connectivity index (χ0v) is 19.6. The molecule has 2 rings (SSSR count). The highest BCUT2D eigenvalue weighted by atomic mass is 127. The summed E-state index contributed by atoms with van der Waals surface area (Å²) in [5.41, 5.74) is -5.29. The van der Waals surface area contributed by atoms with Gasteiger partial charge in [-0.2, -0.15) is 17.5 Å². The van der Waals surface area contributed by atoms with Gasteiger partial charge in [-0.15, -0.1) is 24.0 Å². The van der Waals surface area contributed by atoms with E-state index in [-0.39, 0.29) is 62.1 Å². The van der Waals surface area contributed by atoms with Gasteiger partial charge in [0.15, 0.2) is 5.96 Å². The number of rotatable bonds is 6. The van der Waals surface area contributed by atoms with Crippen LogP contribution in [0.1, 0.15) is 19.8 Å². The Balaban J connectivity index is 0.00000450. The lowest BCUT2D eigenvalue weighted by molar-refractivity contribution is -0.0494. The monoisotopic (exact) mass is 568 g/mol. The molecule has 1 unspecified atom stereocenters. The fraction of sp³-hybridized carbons (Fsp3) is 0.588. The number of ether oxygens (including phenoxy) is 1. The van der Waals surface area contributed by atoms with E-state index in [9.17, 15) is 26.0 Å². The van der Waals surface area contributed by atoms with Crippen molar-refractivity contribution in [1.82, 2.24) is 14.9 Å². The number of nitrogens with zero attached hydrogens (tertiary/aromatic N) is 2. The maximum Gasteiger partial charge on any atom is 0.511 e. The third kappa shape index (κ3) is 7.41. The van der Waals surface area contributed by atoms with Gasteiger partial charge in [-0.05, 0) is 31.9 Å². The van der Waals surface area contributed by atoms with Crippen molar-refractivity contribution in [3.05, 3.63) is 30.1 Å². The summed E-state index contributed by atoms with van der Waals surface area (Å²) in [6.07, 6.45) is 0.116. The fourth-order valence-electron chi connectivity index (χ4n) is 2.83. The van der Waals surface area contributed by atoms with E-state index < -0.39 is 21.3 Å². The molecule has 0 spiro atoms. The van der Waals surface area contributed by atoms with Gasteiger partial charge in [0, 0.05) is 32.2 Å². The lowest BCUT2D eigenvalue weighted by Crippen LogP contribution is -2.52. The van der Waals surface area contributed by atoms with Gasteiger partial charge in [0.25, 0.3) is 0 Å². The molecule has 0 saturated carbocycles. The molecule has 1 atom stereocenters. The van der Waals surface area contributed by atoms with Crippen molar-refractivity contribution < 1.29 is 30.7 Å². The van der Waals surface area contributed by atoms with Gasteiger partial charge >= 0.3 is 15.5 Å². The van der Waals surface area contributed by atoms with Crippen LogP contribution < -0.4 is 15.4 Å².